The molecule has 5 rings (SSSR count). The third-order valence-electron chi connectivity index (χ3n) is 6.44. The first-order valence-electron chi connectivity index (χ1n) is 11.3. The molecule has 4 aromatic rings. The molecule has 1 saturated heterocycles. The molecule has 1 aromatic heterocycles. The lowest BCUT2D eigenvalue weighted by molar-refractivity contribution is 0.316. The van der Waals surface area contributed by atoms with Gasteiger partial charge in [-0.15, -0.1) is 0 Å². The molecule has 3 aromatic carbocycles. The summed E-state index contributed by atoms with van der Waals surface area (Å²) < 4.78 is 1.82. The first-order valence-corrected chi connectivity index (χ1v) is 11.3. The maximum atomic E-state index is 12.5. The Bertz CT molecular complexity index is 1120. The van der Waals surface area contributed by atoms with Gasteiger partial charge in [-0.1, -0.05) is 104 Å². The molecule has 0 radical (unpaired) electrons. The summed E-state index contributed by atoms with van der Waals surface area (Å²) in [6, 6.07) is 32.0. The van der Waals surface area contributed by atoms with E-state index < -0.39 is 5.54 Å². The number of rotatable bonds is 8. The molecule has 5 heteroatoms. The van der Waals surface area contributed by atoms with Crippen molar-refractivity contribution in [3.05, 3.63) is 124 Å². The molecule has 2 atom stereocenters. The van der Waals surface area contributed by atoms with Crippen molar-refractivity contribution in [1.29, 1.82) is 0 Å². The van der Waals surface area contributed by atoms with Crippen molar-refractivity contribution in [2.45, 2.75) is 37.9 Å². The quantitative estimate of drug-likeness (QED) is 0.329. The van der Waals surface area contributed by atoms with Crippen molar-refractivity contribution in [3.8, 4) is 0 Å². The molecular formula is C27H28N4O. The Morgan fingerprint density at radius 1 is 0.875 bits per heavy atom. The van der Waals surface area contributed by atoms with Crippen LogP contribution < -0.4 is 5.69 Å². The van der Waals surface area contributed by atoms with Crippen molar-refractivity contribution in [2.24, 2.45) is 0 Å². The fraction of sp³-hybridized carbons (Fsp3) is 0.259. The van der Waals surface area contributed by atoms with Crippen LogP contribution in [0.25, 0.3) is 0 Å². The first kappa shape index (κ1) is 20.5. The van der Waals surface area contributed by atoms with Crippen LogP contribution >= 0.6 is 0 Å². The zero-order valence-electron chi connectivity index (χ0n) is 18.3. The van der Waals surface area contributed by atoms with E-state index >= 15 is 0 Å². The third kappa shape index (κ3) is 3.39. The van der Waals surface area contributed by atoms with Crippen molar-refractivity contribution in [1.82, 2.24) is 19.7 Å². The summed E-state index contributed by atoms with van der Waals surface area (Å²) in [6.45, 7) is 3.66. The number of aromatic amines is 1. The van der Waals surface area contributed by atoms with Crippen molar-refractivity contribution in [2.75, 3.05) is 6.54 Å². The Hall–Kier alpha value is -3.44. The van der Waals surface area contributed by atoms with Gasteiger partial charge in [0.1, 0.15) is 0 Å². The number of H-pyrrole nitrogens is 1. The number of hydrogen-bond donors (Lipinski definition) is 1. The predicted octanol–water partition coefficient (Wildman–Crippen LogP) is 4.72. The summed E-state index contributed by atoms with van der Waals surface area (Å²) >= 11 is 0. The highest BCUT2D eigenvalue weighted by molar-refractivity contribution is 5.51. The Labute approximate surface area is 188 Å². The van der Waals surface area contributed by atoms with Gasteiger partial charge < -0.3 is 0 Å². The Balaban J connectivity index is 1.68. The molecule has 1 fully saturated rings. The monoisotopic (exact) mass is 424 g/mol. The summed E-state index contributed by atoms with van der Waals surface area (Å²) in [5.41, 5.74) is 3.03. The normalized spacial score (nSPS) is 17.9. The van der Waals surface area contributed by atoms with E-state index in [1.807, 2.05) is 4.57 Å². The van der Waals surface area contributed by atoms with E-state index in [1.165, 1.54) is 16.7 Å². The van der Waals surface area contributed by atoms with E-state index in [1.54, 1.807) is 0 Å². The summed E-state index contributed by atoms with van der Waals surface area (Å²) in [5, 5.41) is 7.15. The highest BCUT2D eigenvalue weighted by Crippen LogP contribution is 2.52. The van der Waals surface area contributed by atoms with Crippen LogP contribution in [0.15, 0.2) is 95.8 Å². The second-order valence-electron chi connectivity index (χ2n) is 8.37. The lowest BCUT2D eigenvalue weighted by atomic mass is 9.76. The average Bonchev–Trinajstić information content (AvgIpc) is 3.56. The fourth-order valence-corrected chi connectivity index (χ4v) is 4.88. The minimum absolute atomic E-state index is 0.0615. The van der Waals surface area contributed by atoms with Crippen LogP contribution in [0.5, 0.6) is 0 Å². The van der Waals surface area contributed by atoms with Crippen molar-refractivity contribution in [3.63, 3.8) is 0 Å². The minimum Gasteiger partial charge on any atom is -0.278 e. The number of hydrogen-bond acceptors (Lipinski definition) is 3. The van der Waals surface area contributed by atoms with E-state index in [0.29, 0.717) is 6.54 Å². The molecule has 0 saturated carbocycles. The molecule has 1 aliphatic heterocycles. The van der Waals surface area contributed by atoms with Gasteiger partial charge in [-0.05, 0) is 23.1 Å². The molecule has 5 nitrogen and oxygen atoms in total. The number of unbranched alkanes of at least 4 members (excludes halogenated alkanes) is 1. The van der Waals surface area contributed by atoms with Crippen LogP contribution in [0, 0.1) is 0 Å². The van der Waals surface area contributed by atoms with Crippen molar-refractivity contribution < 1.29 is 0 Å². The number of nitrogens with zero attached hydrogens (tertiary/aromatic N) is 3. The Morgan fingerprint density at radius 3 is 1.84 bits per heavy atom. The Morgan fingerprint density at radius 2 is 1.38 bits per heavy atom. The van der Waals surface area contributed by atoms with Crippen LogP contribution in [-0.4, -0.2) is 26.2 Å². The van der Waals surface area contributed by atoms with Gasteiger partial charge in [-0.25, -0.2) is 9.89 Å². The van der Waals surface area contributed by atoms with Gasteiger partial charge in [0.25, 0.3) is 0 Å². The highest BCUT2D eigenvalue weighted by Gasteiger charge is 2.55. The molecule has 2 heterocycles. The molecule has 0 bridgehead atoms. The summed E-state index contributed by atoms with van der Waals surface area (Å²) in [6.07, 6.45) is 1.99. The number of aromatic nitrogens is 3. The first-order chi connectivity index (χ1) is 15.8. The highest BCUT2D eigenvalue weighted by atomic mass is 16.1. The SMILES string of the molecule is CCCCn1c([C@@H]2CN2C(c2ccccc2)(c2ccccc2)c2ccccc2)n[nH]c1=O. The second-order valence-corrected chi connectivity index (χ2v) is 8.37. The molecule has 0 spiro atoms. The van der Waals surface area contributed by atoms with Gasteiger partial charge in [0.15, 0.2) is 5.82 Å². The zero-order chi connectivity index (χ0) is 22.0. The summed E-state index contributed by atoms with van der Waals surface area (Å²) in [7, 11) is 0. The smallest absolute Gasteiger partial charge is 0.278 e. The summed E-state index contributed by atoms with van der Waals surface area (Å²) in [5.74, 6) is 0.829. The van der Waals surface area contributed by atoms with E-state index in [4.69, 9.17) is 0 Å². The molecule has 0 amide bonds. The van der Waals surface area contributed by atoms with Gasteiger partial charge in [0, 0.05) is 13.1 Å². The van der Waals surface area contributed by atoms with Gasteiger partial charge in [-0.2, -0.15) is 5.10 Å². The van der Waals surface area contributed by atoms with E-state index in [2.05, 4.69) is 113 Å². The molecule has 1 aliphatic rings. The lowest BCUT2D eigenvalue weighted by Gasteiger charge is -2.38. The third-order valence-corrected chi connectivity index (χ3v) is 6.44. The van der Waals surface area contributed by atoms with Gasteiger partial charge in [0.2, 0.25) is 0 Å². The summed E-state index contributed by atoms with van der Waals surface area (Å²) in [4.78, 5) is 14.9. The van der Waals surface area contributed by atoms with Gasteiger partial charge in [0.05, 0.1) is 11.6 Å². The van der Waals surface area contributed by atoms with E-state index in [0.717, 1.165) is 25.2 Å². The lowest BCUT2D eigenvalue weighted by Crippen LogP contribution is -2.38. The minimum atomic E-state index is -0.473. The molecule has 32 heavy (non-hydrogen) atoms. The predicted molar refractivity (Wildman–Crippen MR) is 126 cm³/mol. The average molecular weight is 425 g/mol. The Kier molecular flexibility index (Phi) is 5.50. The molecule has 0 aliphatic carbocycles. The van der Waals surface area contributed by atoms with Crippen LogP contribution in [0.4, 0.5) is 0 Å². The maximum absolute atomic E-state index is 12.5. The molecule has 1 unspecified atom stereocenters. The van der Waals surface area contributed by atoms with Crippen molar-refractivity contribution >= 4 is 0 Å². The molecular weight excluding hydrogens is 396 g/mol. The van der Waals surface area contributed by atoms with Gasteiger partial charge >= 0.3 is 5.69 Å². The second kappa shape index (κ2) is 8.60. The van der Waals surface area contributed by atoms with Crippen LogP contribution in [0.2, 0.25) is 0 Å². The van der Waals surface area contributed by atoms with Crippen LogP contribution in [-0.2, 0) is 12.1 Å². The maximum Gasteiger partial charge on any atom is 0.343 e. The zero-order valence-corrected chi connectivity index (χ0v) is 18.3. The van der Waals surface area contributed by atoms with E-state index in [-0.39, 0.29) is 11.7 Å². The topological polar surface area (TPSA) is 53.7 Å². The van der Waals surface area contributed by atoms with Crippen LogP contribution in [0.1, 0.15) is 48.3 Å². The van der Waals surface area contributed by atoms with Crippen LogP contribution in [0.3, 0.4) is 0 Å². The van der Waals surface area contributed by atoms with Gasteiger partial charge in [-0.3, -0.25) is 9.47 Å². The van der Waals surface area contributed by atoms with E-state index in [9.17, 15) is 4.79 Å². The standard InChI is InChI=1S/C27H28N4O/c1-2-3-19-30-25(28-29-26(30)32)24-20-31(24)27(21-13-7-4-8-14-21,22-15-9-5-10-16-22)23-17-11-6-12-18-23/h4-18,24H,2-3,19-20H2,1H3,(H,29,32)/t24-,31?/m0/s1. The number of nitrogens with one attached hydrogen (secondary N) is 1. The molecule has 1 N–H and O–H groups in total. The largest absolute Gasteiger partial charge is 0.343 e. The fourth-order valence-electron chi connectivity index (χ4n) is 4.88. The number of benzene rings is 3. The molecule has 162 valence electrons.